The smallest absolute Gasteiger partial charge is 0.227 e. The Morgan fingerprint density at radius 2 is 1.73 bits per heavy atom. The van der Waals surface area contributed by atoms with E-state index in [-0.39, 0.29) is 18.4 Å². The second-order valence-electron chi connectivity index (χ2n) is 7.16. The van der Waals surface area contributed by atoms with Crippen LogP contribution in [-0.4, -0.2) is 38.7 Å². The number of amides is 1. The second-order valence-corrected chi connectivity index (χ2v) is 8.16. The van der Waals surface area contributed by atoms with Crippen molar-refractivity contribution in [1.29, 1.82) is 0 Å². The number of benzene rings is 2. The molecule has 30 heavy (non-hydrogen) atoms. The van der Waals surface area contributed by atoms with E-state index in [0.29, 0.717) is 23.8 Å². The molecule has 0 saturated carbocycles. The molecule has 0 N–H and O–H groups in total. The lowest BCUT2D eigenvalue weighted by atomic mass is 9.92. The van der Waals surface area contributed by atoms with Crippen LogP contribution in [0.5, 0.6) is 17.2 Å². The molecule has 0 aliphatic carbocycles. The van der Waals surface area contributed by atoms with Gasteiger partial charge in [-0.3, -0.25) is 4.79 Å². The monoisotopic (exact) mass is 423 g/mol. The van der Waals surface area contributed by atoms with E-state index in [0.717, 1.165) is 17.5 Å². The molecule has 0 fully saturated rings. The average molecular weight is 424 g/mol. The van der Waals surface area contributed by atoms with Gasteiger partial charge in [0.25, 0.3) is 0 Å². The summed E-state index contributed by atoms with van der Waals surface area (Å²) < 4.78 is 16.3. The third-order valence-corrected chi connectivity index (χ3v) is 6.48. The van der Waals surface area contributed by atoms with Gasteiger partial charge in [0.2, 0.25) is 11.7 Å². The Labute approximate surface area is 180 Å². The molecule has 0 spiro atoms. The van der Waals surface area contributed by atoms with Crippen molar-refractivity contribution in [3.63, 3.8) is 0 Å². The fourth-order valence-corrected chi connectivity index (χ4v) is 5.00. The minimum Gasteiger partial charge on any atom is -0.493 e. The number of rotatable bonds is 6. The number of ether oxygens (including phenoxy) is 3. The largest absolute Gasteiger partial charge is 0.493 e. The summed E-state index contributed by atoms with van der Waals surface area (Å²) >= 11 is 1.77. The van der Waals surface area contributed by atoms with Crippen LogP contribution < -0.4 is 14.2 Å². The molecule has 0 saturated heterocycles. The number of fused-ring (bicyclic) bond motifs is 1. The topological polar surface area (TPSA) is 48.0 Å². The van der Waals surface area contributed by atoms with Crippen LogP contribution in [0.3, 0.4) is 0 Å². The molecule has 0 bridgehead atoms. The van der Waals surface area contributed by atoms with E-state index in [1.807, 2.05) is 35.2 Å². The number of carbonyl (C=O) groups is 1. The summed E-state index contributed by atoms with van der Waals surface area (Å²) in [5.74, 6) is 1.71. The van der Waals surface area contributed by atoms with Crippen LogP contribution in [0, 0.1) is 0 Å². The van der Waals surface area contributed by atoms with Crippen LogP contribution in [0.15, 0.2) is 53.9 Å². The quantitative estimate of drug-likeness (QED) is 0.586. The van der Waals surface area contributed by atoms with Gasteiger partial charge in [0.05, 0.1) is 33.8 Å². The van der Waals surface area contributed by atoms with Crippen molar-refractivity contribution in [2.24, 2.45) is 0 Å². The molecular weight excluding hydrogens is 398 g/mol. The number of hydrogen-bond donors (Lipinski definition) is 0. The minimum absolute atomic E-state index is 0.0595. The Morgan fingerprint density at radius 3 is 2.37 bits per heavy atom. The molecule has 6 heteroatoms. The molecule has 0 unspecified atom stereocenters. The first-order valence-corrected chi connectivity index (χ1v) is 10.7. The van der Waals surface area contributed by atoms with Gasteiger partial charge in [0.1, 0.15) is 0 Å². The van der Waals surface area contributed by atoms with Gasteiger partial charge in [-0.15, -0.1) is 11.3 Å². The summed E-state index contributed by atoms with van der Waals surface area (Å²) in [5, 5.41) is 2.12. The highest BCUT2D eigenvalue weighted by Crippen LogP contribution is 2.40. The lowest BCUT2D eigenvalue weighted by Crippen LogP contribution is -2.40. The highest BCUT2D eigenvalue weighted by molar-refractivity contribution is 7.10. The van der Waals surface area contributed by atoms with Crippen LogP contribution in [0.4, 0.5) is 0 Å². The van der Waals surface area contributed by atoms with Crippen LogP contribution in [0.25, 0.3) is 0 Å². The van der Waals surface area contributed by atoms with E-state index in [2.05, 4.69) is 23.6 Å². The summed E-state index contributed by atoms with van der Waals surface area (Å²) in [7, 11) is 4.73. The number of methoxy groups -OCH3 is 3. The second kappa shape index (κ2) is 8.79. The molecular formula is C24H25NO4S. The van der Waals surface area contributed by atoms with Gasteiger partial charge in [-0.05, 0) is 46.7 Å². The molecule has 156 valence electrons. The zero-order valence-corrected chi connectivity index (χ0v) is 18.2. The fourth-order valence-electron chi connectivity index (χ4n) is 4.09. The van der Waals surface area contributed by atoms with Crippen LogP contribution >= 0.6 is 11.3 Å². The van der Waals surface area contributed by atoms with Crippen LogP contribution in [-0.2, 0) is 17.6 Å². The molecule has 1 aromatic heterocycles. The minimum atomic E-state index is -0.0595. The number of nitrogens with zero attached hydrogens (tertiary/aromatic N) is 1. The molecule has 5 nitrogen and oxygen atoms in total. The SMILES string of the molecule is COc1cc(CC(=O)N2CCc3sccc3[C@H]2c2ccccc2)cc(OC)c1OC. The molecule has 0 radical (unpaired) electrons. The van der Waals surface area contributed by atoms with Crippen LogP contribution in [0.2, 0.25) is 0 Å². The third-order valence-electron chi connectivity index (χ3n) is 5.48. The van der Waals surface area contributed by atoms with Gasteiger partial charge in [-0.25, -0.2) is 0 Å². The van der Waals surface area contributed by atoms with Crippen molar-refractivity contribution >= 4 is 17.2 Å². The van der Waals surface area contributed by atoms with E-state index in [4.69, 9.17) is 14.2 Å². The number of carbonyl (C=O) groups excluding carboxylic acids is 1. The number of thiophene rings is 1. The predicted molar refractivity (Wildman–Crippen MR) is 118 cm³/mol. The lowest BCUT2D eigenvalue weighted by Gasteiger charge is -2.36. The Bertz CT molecular complexity index is 1010. The summed E-state index contributed by atoms with van der Waals surface area (Å²) in [6.45, 7) is 0.705. The van der Waals surface area contributed by atoms with Crippen molar-refractivity contribution in [1.82, 2.24) is 4.90 Å². The van der Waals surface area contributed by atoms with Crippen LogP contribution in [0.1, 0.15) is 27.6 Å². The molecule has 1 atom stereocenters. The summed E-state index contributed by atoms with van der Waals surface area (Å²) in [6, 6.07) is 16.0. The third kappa shape index (κ3) is 3.75. The summed E-state index contributed by atoms with van der Waals surface area (Å²) in [6.07, 6.45) is 1.15. The lowest BCUT2D eigenvalue weighted by molar-refractivity contribution is -0.132. The van der Waals surface area contributed by atoms with Gasteiger partial charge in [0, 0.05) is 11.4 Å². The highest BCUT2D eigenvalue weighted by Gasteiger charge is 2.32. The van der Waals surface area contributed by atoms with Gasteiger partial charge >= 0.3 is 0 Å². The van der Waals surface area contributed by atoms with Crippen molar-refractivity contribution in [3.05, 3.63) is 75.5 Å². The maximum Gasteiger partial charge on any atom is 0.227 e. The summed E-state index contributed by atoms with van der Waals surface area (Å²) in [4.78, 5) is 16.8. The Morgan fingerprint density at radius 1 is 1.03 bits per heavy atom. The van der Waals surface area contributed by atoms with E-state index < -0.39 is 0 Å². The Kier molecular flexibility index (Phi) is 5.95. The highest BCUT2D eigenvalue weighted by atomic mass is 32.1. The molecule has 1 aliphatic heterocycles. The Hall–Kier alpha value is -2.99. The van der Waals surface area contributed by atoms with Crippen molar-refractivity contribution < 1.29 is 19.0 Å². The molecule has 2 heterocycles. The first-order chi connectivity index (χ1) is 14.7. The zero-order valence-electron chi connectivity index (χ0n) is 17.4. The molecule has 4 rings (SSSR count). The summed E-state index contributed by atoms with van der Waals surface area (Å²) in [5.41, 5.74) is 3.20. The normalized spacial score (nSPS) is 15.4. The van der Waals surface area contributed by atoms with Gasteiger partial charge < -0.3 is 19.1 Å². The van der Waals surface area contributed by atoms with Gasteiger partial charge in [0.15, 0.2) is 11.5 Å². The first-order valence-electron chi connectivity index (χ1n) is 9.85. The van der Waals surface area contributed by atoms with E-state index in [9.17, 15) is 4.79 Å². The van der Waals surface area contributed by atoms with Crippen molar-refractivity contribution in [3.8, 4) is 17.2 Å². The predicted octanol–water partition coefficient (Wildman–Crippen LogP) is 4.49. The molecule has 2 aromatic carbocycles. The maximum atomic E-state index is 13.5. The van der Waals surface area contributed by atoms with E-state index in [1.54, 1.807) is 32.7 Å². The van der Waals surface area contributed by atoms with Gasteiger partial charge in [-0.1, -0.05) is 30.3 Å². The first kappa shape index (κ1) is 20.3. The Balaban J connectivity index is 1.66. The van der Waals surface area contributed by atoms with E-state index >= 15 is 0 Å². The van der Waals surface area contributed by atoms with Crippen molar-refractivity contribution in [2.45, 2.75) is 18.9 Å². The number of hydrogen-bond acceptors (Lipinski definition) is 5. The molecule has 1 amide bonds. The van der Waals surface area contributed by atoms with Gasteiger partial charge in [-0.2, -0.15) is 0 Å². The maximum absolute atomic E-state index is 13.5. The van der Waals surface area contributed by atoms with Crippen molar-refractivity contribution in [2.75, 3.05) is 27.9 Å². The fraction of sp³-hybridized carbons (Fsp3) is 0.292. The molecule has 1 aliphatic rings. The average Bonchev–Trinajstić information content (AvgIpc) is 3.27. The zero-order chi connectivity index (χ0) is 21.1. The standard InChI is InChI=1S/C24H25NO4S/c1-27-19-13-16(14-20(28-2)24(19)29-3)15-22(26)25-11-9-21-18(10-12-30-21)23(25)17-7-5-4-6-8-17/h4-8,10,12-14,23H,9,11,15H2,1-3H3/t23-/m1/s1. The van der Waals surface area contributed by atoms with E-state index in [1.165, 1.54) is 10.4 Å². The molecule has 3 aromatic rings.